The van der Waals surface area contributed by atoms with Gasteiger partial charge in [-0.1, -0.05) is 6.08 Å². The van der Waals surface area contributed by atoms with Gasteiger partial charge in [0.2, 0.25) is 5.91 Å². The standard InChI is InChI=1S/C7H9NO2/c8-7(10)5-1-3-6(9)4-2-5/h1,3,9H,2,4H2,(H2,8,10). The molecule has 0 aromatic heterocycles. The molecule has 0 aromatic rings. The van der Waals surface area contributed by atoms with Crippen molar-refractivity contribution in [3.8, 4) is 0 Å². The van der Waals surface area contributed by atoms with Crippen LogP contribution in [0.15, 0.2) is 23.5 Å². The molecule has 0 radical (unpaired) electrons. The molecule has 3 N–H and O–H groups in total. The first-order valence-corrected chi connectivity index (χ1v) is 3.08. The molecule has 0 aromatic carbocycles. The van der Waals surface area contributed by atoms with Gasteiger partial charge in [-0.2, -0.15) is 0 Å². The van der Waals surface area contributed by atoms with Gasteiger partial charge in [-0.15, -0.1) is 0 Å². The minimum absolute atomic E-state index is 0.310. The van der Waals surface area contributed by atoms with Gasteiger partial charge >= 0.3 is 0 Å². The number of hydrogen-bond donors (Lipinski definition) is 2. The molecule has 10 heavy (non-hydrogen) atoms. The molecule has 54 valence electrons. The molecule has 0 saturated heterocycles. The molecule has 0 saturated carbocycles. The maximum absolute atomic E-state index is 10.5. The number of carbonyl (C=O) groups excluding carboxylic acids is 1. The van der Waals surface area contributed by atoms with Gasteiger partial charge in [0.25, 0.3) is 0 Å². The van der Waals surface area contributed by atoms with E-state index in [4.69, 9.17) is 10.8 Å². The van der Waals surface area contributed by atoms with Crippen molar-refractivity contribution < 1.29 is 9.90 Å². The van der Waals surface area contributed by atoms with E-state index in [0.717, 1.165) is 0 Å². The molecule has 0 unspecified atom stereocenters. The summed E-state index contributed by atoms with van der Waals surface area (Å²) in [5, 5.41) is 8.87. The fraction of sp³-hybridized carbons (Fsp3) is 0.286. The lowest BCUT2D eigenvalue weighted by Crippen LogP contribution is -2.15. The van der Waals surface area contributed by atoms with Gasteiger partial charge in [0.05, 0.1) is 5.76 Å². The smallest absolute Gasteiger partial charge is 0.244 e. The van der Waals surface area contributed by atoms with Gasteiger partial charge in [-0.3, -0.25) is 4.79 Å². The first-order chi connectivity index (χ1) is 4.70. The molecule has 0 fully saturated rings. The number of primary amides is 1. The van der Waals surface area contributed by atoms with E-state index in [2.05, 4.69) is 0 Å². The molecular formula is C7H9NO2. The van der Waals surface area contributed by atoms with E-state index in [0.29, 0.717) is 24.2 Å². The number of nitrogens with two attached hydrogens (primary N) is 1. The molecule has 0 aliphatic heterocycles. The zero-order chi connectivity index (χ0) is 7.56. The third kappa shape index (κ3) is 1.37. The third-order valence-corrected chi connectivity index (χ3v) is 1.44. The van der Waals surface area contributed by atoms with Gasteiger partial charge in [0.15, 0.2) is 0 Å². The van der Waals surface area contributed by atoms with Crippen LogP contribution in [-0.2, 0) is 4.79 Å². The summed E-state index contributed by atoms with van der Waals surface area (Å²) in [4.78, 5) is 10.5. The van der Waals surface area contributed by atoms with Gasteiger partial charge in [0, 0.05) is 12.0 Å². The highest BCUT2D eigenvalue weighted by molar-refractivity contribution is 5.92. The summed E-state index contributed by atoms with van der Waals surface area (Å²) in [6.07, 6.45) is 4.14. The van der Waals surface area contributed by atoms with Crippen molar-refractivity contribution in [2.45, 2.75) is 12.8 Å². The molecule has 0 bridgehead atoms. The number of hydrogen-bond acceptors (Lipinski definition) is 2. The molecule has 3 heteroatoms. The average molecular weight is 139 g/mol. The quantitative estimate of drug-likeness (QED) is 0.559. The Bertz CT molecular complexity index is 216. The van der Waals surface area contributed by atoms with Crippen LogP contribution in [0.1, 0.15) is 12.8 Å². The fourth-order valence-electron chi connectivity index (χ4n) is 0.832. The van der Waals surface area contributed by atoms with Crippen molar-refractivity contribution in [1.29, 1.82) is 0 Å². The summed E-state index contributed by atoms with van der Waals surface area (Å²) in [6, 6.07) is 0. The molecule has 0 spiro atoms. The number of carbonyl (C=O) groups is 1. The van der Waals surface area contributed by atoms with Gasteiger partial charge in [0.1, 0.15) is 0 Å². The number of aliphatic hydroxyl groups is 1. The minimum Gasteiger partial charge on any atom is -0.512 e. The largest absolute Gasteiger partial charge is 0.512 e. The highest BCUT2D eigenvalue weighted by Crippen LogP contribution is 2.15. The van der Waals surface area contributed by atoms with Gasteiger partial charge in [-0.05, 0) is 12.5 Å². The summed E-state index contributed by atoms with van der Waals surface area (Å²) in [6.45, 7) is 0. The Labute approximate surface area is 58.8 Å². The average Bonchev–Trinajstić information content (AvgIpc) is 1.88. The van der Waals surface area contributed by atoms with Crippen LogP contribution in [-0.4, -0.2) is 11.0 Å². The summed E-state index contributed by atoms with van der Waals surface area (Å²) in [5.41, 5.74) is 5.58. The van der Waals surface area contributed by atoms with E-state index in [1.807, 2.05) is 0 Å². The highest BCUT2D eigenvalue weighted by atomic mass is 16.3. The van der Waals surface area contributed by atoms with Crippen LogP contribution in [0.5, 0.6) is 0 Å². The molecular weight excluding hydrogens is 130 g/mol. The van der Waals surface area contributed by atoms with Crippen molar-refractivity contribution in [3.63, 3.8) is 0 Å². The van der Waals surface area contributed by atoms with Crippen LogP contribution in [0.2, 0.25) is 0 Å². The second kappa shape index (κ2) is 2.56. The van der Waals surface area contributed by atoms with Crippen LogP contribution in [0.4, 0.5) is 0 Å². The zero-order valence-electron chi connectivity index (χ0n) is 5.50. The van der Waals surface area contributed by atoms with Crippen molar-refractivity contribution in [2.75, 3.05) is 0 Å². The second-order valence-corrected chi connectivity index (χ2v) is 2.21. The molecule has 1 amide bonds. The second-order valence-electron chi connectivity index (χ2n) is 2.21. The Balaban J connectivity index is 2.74. The molecule has 1 aliphatic rings. The summed E-state index contributed by atoms with van der Waals surface area (Å²) in [5.74, 6) is -0.0891. The number of aliphatic hydroxyl groups excluding tert-OH is 1. The van der Waals surface area contributed by atoms with E-state index in [9.17, 15) is 4.79 Å². The van der Waals surface area contributed by atoms with Crippen LogP contribution in [0, 0.1) is 0 Å². The Morgan fingerprint density at radius 2 is 2.20 bits per heavy atom. The first kappa shape index (κ1) is 6.86. The molecule has 3 nitrogen and oxygen atoms in total. The van der Waals surface area contributed by atoms with Crippen molar-refractivity contribution in [3.05, 3.63) is 23.5 Å². The van der Waals surface area contributed by atoms with E-state index in [1.54, 1.807) is 6.08 Å². The SMILES string of the molecule is NC(=O)C1=CC=C(O)CC1. The van der Waals surface area contributed by atoms with Gasteiger partial charge in [-0.25, -0.2) is 0 Å². The molecule has 0 heterocycles. The Morgan fingerprint density at radius 1 is 1.50 bits per heavy atom. The Morgan fingerprint density at radius 3 is 2.60 bits per heavy atom. The summed E-state index contributed by atoms with van der Waals surface area (Å²) in [7, 11) is 0. The lowest BCUT2D eigenvalue weighted by Gasteiger charge is -2.06. The third-order valence-electron chi connectivity index (χ3n) is 1.44. The lowest BCUT2D eigenvalue weighted by atomic mass is 10.0. The number of rotatable bonds is 1. The predicted octanol–water partition coefficient (Wildman–Crippen LogP) is 0.634. The maximum atomic E-state index is 10.5. The van der Waals surface area contributed by atoms with Gasteiger partial charge < -0.3 is 10.8 Å². The summed E-state index contributed by atoms with van der Waals surface area (Å²) >= 11 is 0. The Hall–Kier alpha value is -1.25. The first-order valence-electron chi connectivity index (χ1n) is 3.08. The maximum Gasteiger partial charge on any atom is 0.244 e. The molecule has 0 atom stereocenters. The lowest BCUT2D eigenvalue weighted by molar-refractivity contribution is -0.114. The number of amides is 1. The van der Waals surface area contributed by atoms with E-state index in [1.165, 1.54) is 6.08 Å². The predicted molar refractivity (Wildman–Crippen MR) is 37.2 cm³/mol. The van der Waals surface area contributed by atoms with Crippen LogP contribution in [0.25, 0.3) is 0 Å². The van der Waals surface area contributed by atoms with Crippen molar-refractivity contribution in [2.24, 2.45) is 5.73 Å². The number of allylic oxidation sites excluding steroid dienone is 3. The normalized spacial score (nSPS) is 17.6. The van der Waals surface area contributed by atoms with Crippen LogP contribution >= 0.6 is 0 Å². The van der Waals surface area contributed by atoms with Crippen LogP contribution in [0.3, 0.4) is 0 Å². The van der Waals surface area contributed by atoms with E-state index >= 15 is 0 Å². The Kier molecular flexibility index (Phi) is 1.76. The topological polar surface area (TPSA) is 63.3 Å². The summed E-state index contributed by atoms with van der Waals surface area (Å²) < 4.78 is 0. The van der Waals surface area contributed by atoms with Crippen molar-refractivity contribution >= 4 is 5.91 Å². The van der Waals surface area contributed by atoms with Crippen molar-refractivity contribution in [1.82, 2.24) is 0 Å². The zero-order valence-corrected chi connectivity index (χ0v) is 5.50. The molecule has 1 aliphatic carbocycles. The monoisotopic (exact) mass is 139 g/mol. The molecule has 1 rings (SSSR count). The fourth-order valence-corrected chi connectivity index (χ4v) is 0.832. The minimum atomic E-state index is -0.399. The van der Waals surface area contributed by atoms with E-state index in [-0.39, 0.29) is 0 Å². The highest BCUT2D eigenvalue weighted by Gasteiger charge is 2.08. The van der Waals surface area contributed by atoms with E-state index < -0.39 is 5.91 Å². The van der Waals surface area contributed by atoms with Crippen LogP contribution < -0.4 is 5.73 Å².